The van der Waals surface area contributed by atoms with Gasteiger partial charge in [-0.15, -0.1) is 0 Å². The van der Waals surface area contributed by atoms with Crippen LogP contribution < -0.4 is 11.1 Å². The maximum Gasteiger partial charge on any atom is 0.224 e. The first-order valence-electron chi connectivity index (χ1n) is 8.01. The number of amides is 1. The zero-order valence-corrected chi connectivity index (χ0v) is 14.0. The van der Waals surface area contributed by atoms with Gasteiger partial charge in [-0.05, 0) is 30.4 Å². The first-order chi connectivity index (χ1) is 9.86. The smallest absolute Gasteiger partial charge is 0.224 e. The minimum Gasteiger partial charge on any atom is -0.349 e. The number of aryl methyl sites for hydroxylation is 1. The average Bonchev–Trinajstić information content (AvgIpc) is 2.44. The summed E-state index contributed by atoms with van der Waals surface area (Å²) in [5.74, 6) is 0.193. The molecule has 3 atom stereocenters. The van der Waals surface area contributed by atoms with Crippen molar-refractivity contribution >= 4 is 5.91 Å². The van der Waals surface area contributed by atoms with Crippen LogP contribution >= 0.6 is 0 Å². The van der Waals surface area contributed by atoms with Crippen molar-refractivity contribution in [1.82, 2.24) is 5.32 Å². The van der Waals surface area contributed by atoms with Gasteiger partial charge in [0.2, 0.25) is 5.91 Å². The molecule has 0 aromatic heterocycles. The molecular weight excluding hydrogens is 260 g/mol. The van der Waals surface area contributed by atoms with Gasteiger partial charge < -0.3 is 11.1 Å². The molecule has 0 bridgehead atoms. The first kappa shape index (κ1) is 17.7. The molecule has 0 spiro atoms. The van der Waals surface area contributed by atoms with Gasteiger partial charge in [0.1, 0.15) is 0 Å². The predicted molar refractivity (Wildman–Crippen MR) is 89.0 cm³/mol. The molecule has 0 aliphatic rings. The van der Waals surface area contributed by atoms with Crippen molar-refractivity contribution in [1.29, 1.82) is 0 Å². The minimum absolute atomic E-state index is 0.0290. The summed E-state index contributed by atoms with van der Waals surface area (Å²) in [5.41, 5.74) is 8.33. The molecule has 118 valence electrons. The van der Waals surface area contributed by atoms with Crippen LogP contribution in [0.1, 0.15) is 58.2 Å². The lowest BCUT2D eigenvalue weighted by atomic mass is 9.93. The van der Waals surface area contributed by atoms with Crippen LogP contribution in [0.2, 0.25) is 0 Å². The van der Waals surface area contributed by atoms with Gasteiger partial charge in [0, 0.05) is 12.0 Å². The maximum atomic E-state index is 12.3. The molecule has 0 saturated heterocycles. The summed E-state index contributed by atoms with van der Waals surface area (Å²) in [6.07, 6.45) is 2.25. The van der Waals surface area contributed by atoms with Gasteiger partial charge in [-0.25, -0.2) is 0 Å². The Morgan fingerprint density at radius 2 is 1.71 bits per heavy atom. The second-order valence-electron chi connectivity index (χ2n) is 6.37. The van der Waals surface area contributed by atoms with Crippen molar-refractivity contribution in [3.8, 4) is 0 Å². The van der Waals surface area contributed by atoms with Crippen molar-refractivity contribution in [2.75, 3.05) is 0 Å². The van der Waals surface area contributed by atoms with Crippen molar-refractivity contribution in [3.63, 3.8) is 0 Å². The highest BCUT2D eigenvalue weighted by atomic mass is 16.2. The Balaban J connectivity index is 2.84. The minimum atomic E-state index is -0.175. The van der Waals surface area contributed by atoms with Crippen LogP contribution in [0.25, 0.3) is 0 Å². The van der Waals surface area contributed by atoms with Gasteiger partial charge in [-0.3, -0.25) is 4.79 Å². The number of benzene rings is 1. The van der Waals surface area contributed by atoms with E-state index in [1.54, 1.807) is 0 Å². The molecule has 3 heteroatoms. The number of carbonyl (C=O) groups is 1. The molecule has 0 fully saturated rings. The molecule has 3 nitrogen and oxygen atoms in total. The fourth-order valence-electron chi connectivity index (χ4n) is 2.34. The van der Waals surface area contributed by atoms with Gasteiger partial charge in [-0.1, -0.05) is 58.4 Å². The molecule has 0 radical (unpaired) electrons. The average molecular weight is 290 g/mol. The third-order valence-electron chi connectivity index (χ3n) is 4.04. The van der Waals surface area contributed by atoms with Gasteiger partial charge in [-0.2, -0.15) is 0 Å². The van der Waals surface area contributed by atoms with E-state index in [9.17, 15) is 4.79 Å². The third kappa shape index (κ3) is 5.16. The number of nitrogens with two attached hydrogens (primary N) is 1. The van der Waals surface area contributed by atoms with E-state index in [1.807, 2.05) is 13.8 Å². The molecule has 0 aliphatic heterocycles. The highest BCUT2D eigenvalue weighted by molar-refractivity contribution is 5.79. The quantitative estimate of drug-likeness (QED) is 0.808. The van der Waals surface area contributed by atoms with Gasteiger partial charge in [0.05, 0.1) is 6.04 Å². The molecule has 0 heterocycles. The maximum absolute atomic E-state index is 12.3. The van der Waals surface area contributed by atoms with E-state index in [4.69, 9.17) is 5.73 Å². The zero-order chi connectivity index (χ0) is 16.0. The van der Waals surface area contributed by atoms with Crippen LogP contribution in [0.4, 0.5) is 0 Å². The summed E-state index contributed by atoms with van der Waals surface area (Å²) in [7, 11) is 0. The number of nitrogens with one attached hydrogen (secondary N) is 1. The molecule has 1 rings (SSSR count). The second kappa shape index (κ2) is 8.18. The summed E-state index contributed by atoms with van der Waals surface area (Å²) < 4.78 is 0. The van der Waals surface area contributed by atoms with Crippen LogP contribution in [0, 0.1) is 11.8 Å². The molecule has 0 saturated carbocycles. The summed E-state index contributed by atoms with van der Waals surface area (Å²) in [6, 6.07) is 8.49. The molecule has 21 heavy (non-hydrogen) atoms. The van der Waals surface area contributed by atoms with Crippen molar-refractivity contribution < 1.29 is 4.79 Å². The fraction of sp³-hybridized carbons (Fsp3) is 0.611. The lowest BCUT2D eigenvalue weighted by Crippen LogP contribution is -2.41. The van der Waals surface area contributed by atoms with E-state index in [1.165, 1.54) is 5.56 Å². The number of rotatable bonds is 7. The normalized spacial score (nSPS) is 15.6. The monoisotopic (exact) mass is 290 g/mol. The Morgan fingerprint density at radius 1 is 1.14 bits per heavy atom. The Morgan fingerprint density at radius 3 is 2.14 bits per heavy atom. The summed E-state index contributed by atoms with van der Waals surface area (Å²) in [4.78, 5) is 12.3. The topological polar surface area (TPSA) is 55.1 Å². The first-order valence-corrected chi connectivity index (χ1v) is 8.01. The molecular formula is C18H30N2O. The molecule has 1 amide bonds. The lowest BCUT2D eigenvalue weighted by Gasteiger charge is -2.26. The van der Waals surface area contributed by atoms with Crippen LogP contribution in [0.5, 0.6) is 0 Å². The van der Waals surface area contributed by atoms with E-state index < -0.39 is 0 Å². The largest absolute Gasteiger partial charge is 0.349 e. The van der Waals surface area contributed by atoms with E-state index in [0.717, 1.165) is 18.4 Å². The van der Waals surface area contributed by atoms with E-state index in [-0.39, 0.29) is 23.9 Å². The second-order valence-corrected chi connectivity index (χ2v) is 6.37. The molecule has 3 N–H and O–H groups in total. The summed E-state index contributed by atoms with van der Waals surface area (Å²) in [6.45, 7) is 10.2. The highest BCUT2D eigenvalue weighted by Crippen LogP contribution is 2.23. The van der Waals surface area contributed by atoms with Crippen molar-refractivity contribution in [3.05, 3.63) is 35.4 Å². The SMILES string of the molecule is CCCc1ccc(C(NC(=O)C(C)C(C)N)C(C)C)cc1. The van der Waals surface area contributed by atoms with Gasteiger partial charge in [0.15, 0.2) is 0 Å². The standard InChI is InChI=1S/C18H30N2O/c1-6-7-15-8-10-16(11-9-15)17(12(2)3)20-18(21)13(4)14(5)19/h8-14,17H,6-7,19H2,1-5H3,(H,20,21). The third-order valence-corrected chi connectivity index (χ3v) is 4.04. The molecule has 3 unspecified atom stereocenters. The molecule has 1 aromatic carbocycles. The van der Waals surface area contributed by atoms with Crippen LogP contribution in [-0.2, 0) is 11.2 Å². The number of carbonyl (C=O) groups excluding carboxylic acids is 1. The van der Waals surface area contributed by atoms with E-state index in [0.29, 0.717) is 5.92 Å². The predicted octanol–water partition coefficient (Wildman–Crippen LogP) is 3.44. The lowest BCUT2D eigenvalue weighted by molar-refractivity contribution is -0.126. The van der Waals surface area contributed by atoms with E-state index in [2.05, 4.69) is 50.4 Å². The number of hydrogen-bond acceptors (Lipinski definition) is 2. The van der Waals surface area contributed by atoms with Crippen LogP contribution in [0.3, 0.4) is 0 Å². The Labute approximate surface area is 129 Å². The fourth-order valence-corrected chi connectivity index (χ4v) is 2.34. The number of hydrogen-bond donors (Lipinski definition) is 2. The van der Waals surface area contributed by atoms with Gasteiger partial charge >= 0.3 is 0 Å². The zero-order valence-electron chi connectivity index (χ0n) is 14.0. The van der Waals surface area contributed by atoms with E-state index >= 15 is 0 Å². The molecule has 1 aromatic rings. The van der Waals surface area contributed by atoms with Crippen molar-refractivity contribution in [2.45, 2.75) is 59.5 Å². The van der Waals surface area contributed by atoms with Crippen LogP contribution in [0.15, 0.2) is 24.3 Å². The Hall–Kier alpha value is -1.35. The van der Waals surface area contributed by atoms with Gasteiger partial charge in [0.25, 0.3) is 0 Å². The molecule has 0 aliphatic carbocycles. The van der Waals surface area contributed by atoms with Crippen LogP contribution in [-0.4, -0.2) is 11.9 Å². The highest BCUT2D eigenvalue weighted by Gasteiger charge is 2.23. The Kier molecular flexibility index (Phi) is 6.90. The summed E-state index contributed by atoms with van der Waals surface area (Å²) in [5, 5.41) is 3.15. The Bertz CT molecular complexity index is 437. The summed E-state index contributed by atoms with van der Waals surface area (Å²) >= 11 is 0. The van der Waals surface area contributed by atoms with Crippen molar-refractivity contribution in [2.24, 2.45) is 17.6 Å².